The van der Waals surface area contributed by atoms with E-state index in [4.69, 9.17) is 5.73 Å². The summed E-state index contributed by atoms with van der Waals surface area (Å²) < 4.78 is 0. The van der Waals surface area contributed by atoms with E-state index < -0.39 is 6.03 Å². The Kier molecular flexibility index (Phi) is 3.39. The number of hydrogen-bond donors (Lipinski definition) is 3. The van der Waals surface area contributed by atoms with Crippen LogP contribution in [0.25, 0.3) is 22.2 Å². The average Bonchev–Trinajstić information content (AvgIpc) is 2.87. The van der Waals surface area contributed by atoms with Gasteiger partial charge in [-0.15, -0.1) is 0 Å². The van der Waals surface area contributed by atoms with Crippen LogP contribution in [0.5, 0.6) is 0 Å². The van der Waals surface area contributed by atoms with Crippen molar-refractivity contribution in [1.29, 1.82) is 0 Å². The lowest BCUT2D eigenvalue weighted by molar-refractivity contribution is 0.249. The molecule has 0 bridgehead atoms. The van der Waals surface area contributed by atoms with Crippen LogP contribution in [-0.2, 0) is 0 Å². The Morgan fingerprint density at radius 3 is 2.57 bits per heavy atom. The monoisotopic (exact) mass is 278 g/mol. The maximum atomic E-state index is 10.7. The number of rotatable bonds is 3. The quantitative estimate of drug-likeness (QED) is 0.499. The van der Waals surface area contributed by atoms with Crippen LogP contribution >= 0.6 is 0 Å². The summed E-state index contributed by atoms with van der Waals surface area (Å²) in [5, 5.41) is 4.91. The second-order valence-electron chi connectivity index (χ2n) is 4.56. The predicted octanol–water partition coefficient (Wildman–Crippen LogP) is 2.84. The Hall–Kier alpha value is -3.08. The second-order valence-corrected chi connectivity index (χ2v) is 4.56. The second kappa shape index (κ2) is 5.50. The summed E-state index contributed by atoms with van der Waals surface area (Å²) in [5.41, 5.74) is 11.2. The van der Waals surface area contributed by atoms with E-state index in [-0.39, 0.29) is 0 Å². The van der Waals surface area contributed by atoms with E-state index in [1.54, 1.807) is 6.21 Å². The zero-order valence-electron chi connectivity index (χ0n) is 11.2. The van der Waals surface area contributed by atoms with E-state index in [2.05, 4.69) is 15.5 Å². The molecule has 5 heteroatoms. The molecule has 0 atom stereocenters. The van der Waals surface area contributed by atoms with E-state index >= 15 is 0 Å². The number of benzene rings is 2. The topological polar surface area (TPSA) is 83.3 Å². The molecule has 0 spiro atoms. The third-order valence-electron chi connectivity index (χ3n) is 3.18. The number of hydrazone groups is 1. The molecular weight excluding hydrogens is 264 g/mol. The summed E-state index contributed by atoms with van der Waals surface area (Å²) in [6.45, 7) is 0. The number of urea groups is 1. The number of H-pyrrole nitrogens is 1. The molecule has 0 saturated heterocycles. The van der Waals surface area contributed by atoms with Crippen molar-refractivity contribution < 1.29 is 4.79 Å². The van der Waals surface area contributed by atoms with Crippen LogP contribution < -0.4 is 11.2 Å². The van der Waals surface area contributed by atoms with Crippen molar-refractivity contribution in [3.8, 4) is 11.3 Å². The highest BCUT2D eigenvalue weighted by Gasteiger charge is 2.10. The highest BCUT2D eigenvalue weighted by atomic mass is 16.2. The van der Waals surface area contributed by atoms with Gasteiger partial charge in [-0.3, -0.25) is 0 Å². The van der Waals surface area contributed by atoms with Crippen molar-refractivity contribution in [3.63, 3.8) is 0 Å². The summed E-state index contributed by atoms with van der Waals surface area (Å²) in [6, 6.07) is 17.2. The van der Waals surface area contributed by atoms with Crippen molar-refractivity contribution >= 4 is 23.1 Å². The summed E-state index contributed by atoms with van der Waals surface area (Å²) in [5.74, 6) is 0. The molecule has 5 nitrogen and oxygen atoms in total. The minimum atomic E-state index is -0.688. The molecule has 0 aliphatic carbocycles. The molecule has 3 aromatic rings. The molecule has 104 valence electrons. The maximum absolute atomic E-state index is 10.7. The number of amides is 2. The standard InChI is InChI=1S/C16H14N4O/c17-16(21)20-18-10-13-12-8-4-5-9-14(12)19-15(13)11-6-2-1-3-7-11/h1-10,19H,(H3,17,20,21). The zero-order valence-corrected chi connectivity index (χ0v) is 11.2. The van der Waals surface area contributed by atoms with E-state index in [1.165, 1.54) is 0 Å². The Bertz CT molecular complexity index is 806. The van der Waals surface area contributed by atoms with E-state index in [1.807, 2.05) is 54.6 Å². The number of fused-ring (bicyclic) bond motifs is 1. The molecule has 0 saturated carbocycles. The molecule has 4 N–H and O–H groups in total. The van der Waals surface area contributed by atoms with Crippen LogP contribution in [0.3, 0.4) is 0 Å². The van der Waals surface area contributed by atoms with Crippen molar-refractivity contribution in [2.24, 2.45) is 10.8 Å². The summed E-state index contributed by atoms with van der Waals surface area (Å²) in [7, 11) is 0. The van der Waals surface area contributed by atoms with E-state index in [9.17, 15) is 4.79 Å². The molecule has 0 fully saturated rings. The minimum absolute atomic E-state index is 0.688. The number of nitrogens with two attached hydrogens (primary N) is 1. The largest absolute Gasteiger partial charge is 0.354 e. The van der Waals surface area contributed by atoms with Crippen LogP contribution in [0.2, 0.25) is 0 Å². The van der Waals surface area contributed by atoms with Crippen LogP contribution in [0.4, 0.5) is 4.79 Å². The zero-order chi connectivity index (χ0) is 14.7. The number of aromatic amines is 1. The first-order valence-electron chi connectivity index (χ1n) is 6.50. The lowest BCUT2D eigenvalue weighted by Crippen LogP contribution is -2.24. The van der Waals surface area contributed by atoms with Crippen LogP contribution in [0.15, 0.2) is 59.7 Å². The third kappa shape index (κ3) is 2.62. The molecule has 0 radical (unpaired) electrons. The number of carbonyl (C=O) groups is 1. The first-order chi connectivity index (χ1) is 10.3. The van der Waals surface area contributed by atoms with Gasteiger partial charge in [0.1, 0.15) is 0 Å². The number of para-hydroxylation sites is 1. The van der Waals surface area contributed by atoms with E-state index in [0.717, 1.165) is 27.7 Å². The molecule has 0 aliphatic heterocycles. The first kappa shape index (κ1) is 12.9. The van der Waals surface area contributed by atoms with Crippen molar-refractivity contribution in [3.05, 3.63) is 60.2 Å². The molecule has 0 aliphatic rings. The number of aromatic nitrogens is 1. The van der Waals surface area contributed by atoms with Crippen LogP contribution in [-0.4, -0.2) is 17.2 Å². The Morgan fingerprint density at radius 2 is 1.81 bits per heavy atom. The molecule has 1 heterocycles. The van der Waals surface area contributed by atoms with Gasteiger partial charge in [-0.1, -0.05) is 48.5 Å². The van der Waals surface area contributed by atoms with E-state index in [0.29, 0.717) is 0 Å². The fraction of sp³-hybridized carbons (Fsp3) is 0. The number of primary amides is 1. The third-order valence-corrected chi connectivity index (χ3v) is 3.18. The van der Waals surface area contributed by atoms with Gasteiger partial charge in [0.05, 0.1) is 11.9 Å². The molecule has 2 amide bonds. The van der Waals surface area contributed by atoms with Gasteiger partial charge in [-0.25, -0.2) is 10.2 Å². The van der Waals surface area contributed by atoms with Gasteiger partial charge >= 0.3 is 6.03 Å². The summed E-state index contributed by atoms with van der Waals surface area (Å²) in [6.07, 6.45) is 1.60. The molecule has 3 rings (SSSR count). The fourth-order valence-corrected chi connectivity index (χ4v) is 2.29. The predicted molar refractivity (Wildman–Crippen MR) is 84.0 cm³/mol. The van der Waals surface area contributed by atoms with Crippen molar-refractivity contribution in [1.82, 2.24) is 10.4 Å². The molecule has 0 unspecified atom stereocenters. The lowest BCUT2D eigenvalue weighted by atomic mass is 10.1. The Labute approximate surface area is 121 Å². The minimum Gasteiger partial charge on any atom is -0.354 e. The number of hydrogen-bond acceptors (Lipinski definition) is 2. The van der Waals surface area contributed by atoms with Crippen molar-refractivity contribution in [2.45, 2.75) is 0 Å². The number of nitrogens with zero attached hydrogens (tertiary/aromatic N) is 1. The lowest BCUT2D eigenvalue weighted by Gasteiger charge is -2.00. The molecule has 1 aromatic heterocycles. The van der Waals surface area contributed by atoms with Gasteiger partial charge in [0.15, 0.2) is 0 Å². The van der Waals surface area contributed by atoms with Gasteiger partial charge in [-0.2, -0.15) is 5.10 Å². The Balaban J connectivity index is 2.14. The number of nitrogens with one attached hydrogen (secondary N) is 2. The first-order valence-corrected chi connectivity index (χ1v) is 6.50. The van der Waals surface area contributed by atoms with Crippen molar-refractivity contribution in [2.75, 3.05) is 0 Å². The van der Waals surface area contributed by atoms with Gasteiger partial charge in [-0.05, 0) is 11.6 Å². The number of carbonyl (C=O) groups excluding carboxylic acids is 1. The molecular formula is C16H14N4O. The van der Waals surface area contributed by atoms with Gasteiger partial charge in [0.25, 0.3) is 0 Å². The summed E-state index contributed by atoms with van der Waals surface area (Å²) in [4.78, 5) is 14.1. The smallest absolute Gasteiger partial charge is 0.332 e. The van der Waals surface area contributed by atoms with Gasteiger partial charge < -0.3 is 10.7 Å². The highest BCUT2D eigenvalue weighted by molar-refractivity contribution is 6.06. The maximum Gasteiger partial charge on any atom is 0.332 e. The highest BCUT2D eigenvalue weighted by Crippen LogP contribution is 2.28. The normalized spacial score (nSPS) is 11.0. The van der Waals surface area contributed by atoms with Crippen LogP contribution in [0, 0.1) is 0 Å². The molecule has 21 heavy (non-hydrogen) atoms. The summed E-state index contributed by atoms with van der Waals surface area (Å²) >= 11 is 0. The molecule has 2 aromatic carbocycles. The Morgan fingerprint density at radius 1 is 1.10 bits per heavy atom. The SMILES string of the molecule is NC(=O)NN=Cc1c(-c2ccccc2)[nH]c2ccccc12. The van der Waals surface area contributed by atoms with Gasteiger partial charge in [0.2, 0.25) is 0 Å². The fourth-order valence-electron chi connectivity index (χ4n) is 2.29. The van der Waals surface area contributed by atoms with Gasteiger partial charge in [0, 0.05) is 16.5 Å². The average molecular weight is 278 g/mol. The van der Waals surface area contributed by atoms with Crippen LogP contribution in [0.1, 0.15) is 5.56 Å².